The van der Waals surface area contributed by atoms with Gasteiger partial charge in [-0.3, -0.25) is 9.79 Å². The minimum Gasteiger partial charge on any atom is -0.457 e. The van der Waals surface area contributed by atoms with Crippen molar-refractivity contribution in [2.24, 2.45) is 16.3 Å². The highest BCUT2D eigenvalue weighted by molar-refractivity contribution is 6.12. The van der Waals surface area contributed by atoms with E-state index in [2.05, 4.69) is 13.8 Å². The molecule has 2 aromatic rings. The van der Waals surface area contributed by atoms with Crippen LogP contribution < -0.4 is 0 Å². The predicted octanol–water partition coefficient (Wildman–Crippen LogP) is 5.56. The van der Waals surface area contributed by atoms with E-state index in [1.54, 1.807) is 0 Å². The molecule has 0 radical (unpaired) electrons. The lowest BCUT2D eigenvalue weighted by molar-refractivity contribution is -0.140. The molecule has 4 rings (SSSR count). The first kappa shape index (κ1) is 21.2. The molecule has 4 nitrogen and oxygen atoms in total. The molecular formula is C27H29NO3. The second kappa shape index (κ2) is 8.26. The zero-order valence-corrected chi connectivity index (χ0v) is 18.6. The van der Waals surface area contributed by atoms with E-state index in [0.717, 1.165) is 28.8 Å². The van der Waals surface area contributed by atoms with Gasteiger partial charge in [0.2, 0.25) is 0 Å². The van der Waals surface area contributed by atoms with E-state index in [1.807, 2.05) is 68.4 Å². The molecule has 4 heteroatoms. The molecule has 0 saturated heterocycles. The number of ether oxygens (including phenoxy) is 1. The van der Waals surface area contributed by atoms with Gasteiger partial charge in [-0.05, 0) is 36.8 Å². The molecule has 1 saturated carbocycles. The van der Waals surface area contributed by atoms with Gasteiger partial charge in [0.25, 0.3) is 0 Å². The van der Waals surface area contributed by atoms with Crippen LogP contribution in [0.25, 0.3) is 0 Å². The van der Waals surface area contributed by atoms with Crippen molar-refractivity contribution < 1.29 is 14.3 Å². The number of carbonyl (C=O) groups excluding carboxylic acids is 2. The van der Waals surface area contributed by atoms with Crippen molar-refractivity contribution in [2.45, 2.75) is 53.1 Å². The highest BCUT2D eigenvalue weighted by atomic mass is 16.5. The lowest BCUT2D eigenvalue weighted by Crippen LogP contribution is -2.44. The van der Waals surface area contributed by atoms with Crippen LogP contribution in [0.2, 0.25) is 0 Å². The van der Waals surface area contributed by atoms with Gasteiger partial charge in [-0.1, -0.05) is 74.0 Å². The lowest BCUT2D eigenvalue weighted by Gasteiger charge is -2.41. The number of aryl methyl sites for hydroxylation is 1. The summed E-state index contributed by atoms with van der Waals surface area (Å²) in [6.07, 6.45) is 1.25. The van der Waals surface area contributed by atoms with Gasteiger partial charge in [-0.25, -0.2) is 4.79 Å². The molecule has 1 unspecified atom stereocenters. The molecule has 1 aliphatic heterocycles. The van der Waals surface area contributed by atoms with E-state index in [0.29, 0.717) is 17.7 Å². The smallest absolute Gasteiger partial charge is 0.336 e. The second-order valence-electron chi connectivity index (χ2n) is 9.51. The summed E-state index contributed by atoms with van der Waals surface area (Å²) in [5, 5.41) is 0. The molecule has 0 bridgehead atoms. The number of rotatable bonds is 4. The number of nitrogens with zero attached hydrogens (tertiary/aromatic N) is 1. The van der Waals surface area contributed by atoms with E-state index in [4.69, 9.17) is 9.73 Å². The molecular weight excluding hydrogens is 386 g/mol. The number of benzene rings is 2. The molecule has 2 aromatic carbocycles. The van der Waals surface area contributed by atoms with Crippen molar-refractivity contribution >= 4 is 17.5 Å². The first-order valence-electron chi connectivity index (χ1n) is 10.8. The number of ketones is 1. The normalized spacial score (nSPS) is 22.6. The molecule has 2 atom stereocenters. The fourth-order valence-electron chi connectivity index (χ4n) is 4.79. The summed E-state index contributed by atoms with van der Waals surface area (Å²) < 4.78 is 5.69. The van der Waals surface area contributed by atoms with Crippen LogP contribution in [0.4, 0.5) is 0 Å². The summed E-state index contributed by atoms with van der Waals surface area (Å²) >= 11 is 0. The Morgan fingerprint density at radius 2 is 1.68 bits per heavy atom. The van der Waals surface area contributed by atoms with Gasteiger partial charge >= 0.3 is 5.97 Å². The monoisotopic (exact) mass is 415 g/mol. The van der Waals surface area contributed by atoms with Gasteiger partial charge in [0.1, 0.15) is 12.4 Å². The van der Waals surface area contributed by atoms with Crippen molar-refractivity contribution in [2.75, 3.05) is 0 Å². The first-order valence-corrected chi connectivity index (χ1v) is 10.8. The summed E-state index contributed by atoms with van der Waals surface area (Å²) in [5.41, 5.74) is 4.96. The Bertz CT molecular complexity index is 1060. The van der Waals surface area contributed by atoms with Crippen LogP contribution in [-0.2, 0) is 20.9 Å². The Kier molecular flexibility index (Phi) is 5.65. The van der Waals surface area contributed by atoms with Crippen molar-refractivity contribution in [3.8, 4) is 0 Å². The number of hydrogen-bond acceptors (Lipinski definition) is 4. The average Bonchev–Trinajstić information content (AvgIpc) is 2.71. The molecule has 0 amide bonds. The van der Waals surface area contributed by atoms with Crippen LogP contribution >= 0.6 is 0 Å². The highest BCUT2D eigenvalue weighted by Crippen LogP contribution is 2.47. The zero-order chi connectivity index (χ0) is 22.2. The van der Waals surface area contributed by atoms with E-state index >= 15 is 0 Å². The molecule has 0 N–H and O–H groups in total. The number of hydrogen-bond donors (Lipinski definition) is 0. The number of carbonyl (C=O) groups is 2. The van der Waals surface area contributed by atoms with E-state index in [9.17, 15) is 9.59 Å². The highest BCUT2D eigenvalue weighted by Gasteiger charge is 2.47. The minimum absolute atomic E-state index is 0.115. The van der Waals surface area contributed by atoms with Crippen molar-refractivity contribution in [1.82, 2.24) is 0 Å². The Morgan fingerprint density at radius 3 is 2.35 bits per heavy atom. The molecule has 1 fully saturated rings. The largest absolute Gasteiger partial charge is 0.457 e. The van der Waals surface area contributed by atoms with Gasteiger partial charge in [0.15, 0.2) is 0 Å². The summed E-state index contributed by atoms with van der Waals surface area (Å²) in [5.74, 6) is -1.01. The lowest BCUT2D eigenvalue weighted by atomic mass is 9.63. The zero-order valence-electron chi connectivity index (χ0n) is 18.6. The SMILES string of the molecule is CC1=C(C(=O)OCc2ccccc2)[C@H](c2ccc(C)cc2)C2C(=O)CC(C)(C)CC2=N1. The minimum atomic E-state index is -0.404. The Labute approximate surface area is 184 Å². The van der Waals surface area contributed by atoms with Crippen molar-refractivity contribution in [1.29, 1.82) is 0 Å². The van der Waals surface area contributed by atoms with Crippen LogP contribution in [-0.4, -0.2) is 17.5 Å². The topological polar surface area (TPSA) is 55.7 Å². The molecule has 1 aliphatic carbocycles. The second-order valence-corrected chi connectivity index (χ2v) is 9.51. The Balaban J connectivity index is 1.74. The fourth-order valence-corrected chi connectivity index (χ4v) is 4.79. The number of Topliss-reactive ketones (excluding diaryl/α,β-unsaturated/α-hetero) is 1. The van der Waals surface area contributed by atoms with Gasteiger partial charge < -0.3 is 4.74 Å². The van der Waals surface area contributed by atoms with Crippen LogP contribution in [0.5, 0.6) is 0 Å². The van der Waals surface area contributed by atoms with Crippen LogP contribution in [0, 0.1) is 18.3 Å². The van der Waals surface area contributed by atoms with Crippen molar-refractivity contribution in [3.05, 3.63) is 82.6 Å². The number of fused-ring (bicyclic) bond motifs is 1. The maximum atomic E-state index is 13.3. The first-order chi connectivity index (χ1) is 14.7. The maximum absolute atomic E-state index is 13.3. The molecule has 0 aromatic heterocycles. The molecule has 31 heavy (non-hydrogen) atoms. The Hall–Kier alpha value is -3.01. The van der Waals surface area contributed by atoms with Gasteiger partial charge in [0.05, 0.1) is 11.5 Å². The maximum Gasteiger partial charge on any atom is 0.336 e. The number of esters is 1. The number of allylic oxidation sites excluding steroid dienone is 1. The third kappa shape index (κ3) is 4.39. The standard InChI is InChI=1S/C27H29NO3/c1-17-10-12-20(13-11-17)24-23(26(30)31-16-19-8-6-5-7-9-19)18(2)28-21-14-27(3,4)15-22(29)25(21)24/h5-13,24-25H,14-16H2,1-4H3/t24-,25?/m0/s1. The fraction of sp³-hybridized carbons (Fsp3) is 0.370. The summed E-state index contributed by atoms with van der Waals surface area (Å²) in [4.78, 5) is 31.3. The van der Waals surface area contributed by atoms with Crippen molar-refractivity contribution in [3.63, 3.8) is 0 Å². The van der Waals surface area contributed by atoms with Gasteiger partial charge in [-0.15, -0.1) is 0 Å². The molecule has 1 heterocycles. The van der Waals surface area contributed by atoms with E-state index < -0.39 is 11.9 Å². The summed E-state index contributed by atoms with van der Waals surface area (Å²) in [7, 11) is 0. The quantitative estimate of drug-likeness (QED) is 0.615. The number of aliphatic imine (C=N–C) groups is 1. The van der Waals surface area contributed by atoms with Crippen LogP contribution in [0.3, 0.4) is 0 Å². The van der Waals surface area contributed by atoms with Crippen LogP contribution in [0.15, 0.2) is 70.9 Å². The summed E-state index contributed by atoms with van der Waals surface area (Å²) in [6, 6.07) is 17.7. The van der Waals surface area contributed by atoms with E-state index in [-0.39, 0.29) is 23.7 Å². The predicted molar refractivity (Wildman–Crippen MR) is 122 cm³/mol. The third-order valence-electron chi connectivity index (χ3n) is 6.23. The Morgan fingerprint density at radius 1 is 1.00 bits per heavy atom. The molecule has 0 spiro atoms. The third-order valence-corrected chi connectivity index (χ3v) is 6.23. The average molecular weight is 416 g/mol. The molecule has 160 valence electrons. The van der Waals surface area contributed by atoms with Crippen LogP contribution in [0.1, 0.15) is 56.2 Å². The molecule has 2 aliphatic rings. The van der Waals surface area contributed by atoms with Gasteiger partial charge in [0, 0.05) is 23.7 Å². The van der Waals surface area contributed by atoms with E-state index in [1.165, 1.54) is 0 Å². The summed E-state index contributed by atoms with van der Waals surface area (Å²) in [6.45, 7) is 8.29. The van der Waals surface area contributed by atoms with Gasteiger partial charge in [-0.2, -0.15) is 0 Å².